The standard InChI is InChI=1S/C14H26N2O2S/c1-5-11-12(17)16(9-10-19-8-4)14(6-2,7-3)13(18)15-11/h11H,5-10H2,1-4H3,(H,15,18). The Morgan fingerprint density at radius 2 is 1.84 bits per heavy atom. The fourth-order valence-electron chi connectivity index (χ4n) is 2.73. The van der Waals surface area contributed by atoms with Crippen LogP contribution in [0.2, 0.25) is 0 Å². The van der Waals surface area contributed by atoms with E-state index in [1.807, 2.05) is 37.4 Å². The van der Waals surface area contributed by atoms with Crippen molar-refractivity contribution in [1.29, 1.82) is 0 Å². The lowest BCUT2D eigenvalue weighted by Gasteiger charge is -2.47. The minimum Gasteiger partial charge on any atom is -0.342 e. The number of carbonyl (C=O) groups is 2. The Bertz CT molecular complexity index is 329. The second-order valence-electron chi connectivity index (χ2n) is 4.86. The molecule has 0 saturated carbocycles. The fourth-order valence-corrected chi connectivity index (χ4v) is 3.33. The highest BCUT2D eigenvalue weighted by molar-refractivity contribution is 7.99. The first-order chi connectivity index (χ1) is 9.07. The smallest absolute Gasteiger partial charge is 0.246 e. The van der Waals surface area contributed by atoms with Gasteiger partial charge in [-0.3, -0.25) is 9.59 Å². The van der Waals surface area contributed by atoms with E-state index < -0.39 is 5.54 Å². The Morgan fingerprint density at radius 3 is 2.32 bits per heavy atom. The van der Waals surface area contributed by atoms with Gasteiger partial charge in [0.25, 0.3) is 0 Å². The maximum absolute atomic E-state index is 12.5. The van der Waals surface area contributed by atoms with Crippen molar-refractivity contribution in [3.8, 4) is 0 Å². The molecule has 1 saturated heterocycles. The summed E-state index contributed by atoms with van der Waals surface area (Å²) >= 11 is 1.81. The van der Waals surface area contributed by atoms with Gasteiger partial charge in [-0.2, -0.15) is 11.8 Å². The Kier molecular flexibility index (Phi) is 6.17. The van der Waals surface area contributed by atoms with Crippen LogP contribution in [-0.4, -0.2) is 46.3 Å². The summed E-state index contributed by atoms with van der Waals surface area (Å²) in [5.74, 6) is 2.04. The first kappa shape index (κ1) is 16.3. The topological polar surface area (TPSA) is 49.4 Å². The molecule has 19 heavy (non-hydrogen) atoms. The molecule has 1 aliphatic rings. The molecule has 0 bridgehead atoms. The summed E-state index contributed by atoms with van der Waals surface area (Å²) in [6, 6.07) is -0.342. The largest absolute Gasteiger partial charge is 0.342 e. The van der Waals surface area contributed by atoms with Crippen LogP contribution in [0.3, 0.4) is 0 Å². The lowest BCUT2D eigenvalue weighted by molar-refractivity contribution is -0.158. The zero-order chi connectivity index (χ0) is 14.5. The zero-order valence-electron chi connectivity index (χ0n) is 12.5. The lowest BCUT2D eigenvalue weighted by Crippen LogP contribution is -2.70. The van der Waals surface area contributed by atoms with Gasteiger partial charge in [-0.15, -0.1) is 0 Å². The maximum atomic E-state index is 12.5. The van der Waals surface area contributed by atoms with Gasteiger partial charge in [-0.25, -0.2) is 0 Å². The predicted octanol–water partition coefficient (Wildman–Crippen LogP) is 2.04. The van der Waals surface area contributed by atoms with Crippen LogP contribution in [0, 0.1) is 0 Å². The molecule has 2 amide bonds. The number of hydrogen-bond donors (Lipinski definition) is 1. The summed E-state index contributed by atoms with van der Waals surface area (Å²) in [6.07, 6.45) is 2.01. The van der Waals surface area contributed by atoms with Gasteiger partial charge < -0.3 is 10.2 Å². The predicted molar refractivity (Wildman–Crippen MR) is 80.2 cm³/mol. The molecule has 0 radical (unpaired) electrons. The number of carbonyl (C=O) groups excluding carboxylic acids is 2. The van der Waals surface area contributed by atoms with E-state index in [9.17, 15) is 9.59 Å². The van der Waals surface area contributed by atoms with Crippen LogP contribution in [0.4, 0.5) is 0 Å². The second kappa shape index (κ2) is 7.17. The highest BCUT2D eigenvalue weighted by Gasteiger charge is 2.49. The van der Waals surface area contributed by atoms with Gasteiger partial charge in [0.15, 0.2) is 0 Å². The summed E-state index contributed by atoms with van der Waals surface area (Å²) in [4.78, 5) is 26.8. The summed E-state index contributed by atoms with van der Waals surface area (Å²) in [5, 5.41) is 2.89. The third kappa shape index (κ3) is 3.07. The Labute approximate surface area is 120 Å². The molecule has 1 atom stereocenters. The van der Waals surface area contributed by atoms with Crippen LogP contribution in [-0.2, 0) is 9.59 Å². The van der Waals surface area contributed by atoms with Gasteiger partial charge in [0.05, 0.1) is 0 Å². The quantitative estimate of drug-likeness (QED) is 0.729. The maximum Gasteiger partial charge on any atom is 0.246 e. The highest BCUT2D eigenvalue weighted by atomic mass is 32.2. The average Bonchev–Trinajstić information content (AvgIpc) is 2.43. The van der Waals surface area contributed by atoms with Crippen molar-refractivity contribution in [2.45, 2.75) is 58.5 Å². The van der Waals surface area contributed by atoms with Crippen molar-refractivity contribution in [2.75, 3.05) is 18.1 Å². The molecule has 0 aromatic heterocycles. The monoisotopic (exact) mass is 286 g/mol. The third-order valence-corrected chi connectivity index (χ3v) is 4.93. The first-order valence-electron chi connectivity index (χ1n) is 7.27. The van der Waals surface area contributed by atoms with Gasteiger partial charge in [-0.1, -0.05) is 27.7 Å². The van der Waals surface area contributed by atoms with Crippen LogP contribution >= 0.6 is 11.8 Å². The minimum absolute atomic E-state index is 0.0189. The molecule has 0 aliphatic carbocycles. The number of nitrogens with one attached hydrogen (secondary N) is 1. The van der Waals surface area contributed by atoms with Crippen LogP contribution in [0.15, 0.2) is 0 Å². The second-order valence-corrected chi connectivity index (χ2v) is 6.25. The Hall–Kier alpha value is -0.710. The van der Waals surface area contributed by atoms with Crippen LogP contribution < -0.4 is 5.32 Å². The molecule has 1 rings (SSSR count). The zero-order valence-corrected chi connectivity index (χ0v) is 13.3. The molecule has 110 valence electrons. The molecule has 1 aliphatic heterocycles. The fraction of sp³-hybridized carbons (Fsp3) is 0.857. The molecule has 0 aromatic rings. The van der Waals surface area contributed by atoms with Crippen molar-refractivity contribution in [2.24, 2.45) is 0 Å². The minimum atomic E-state index is -0.642. The van der Waals surface area contributed by atoms with Crippen molar-refractivity contribution >= 4 is 23.6 Å². The first-order valence-corrected chi connectivity index (χ1v) is 8.42. The van der Waals surface area contributed by atoms with Crippen molar-refractivity contribution < 1.29 is 9.59 Å². The van der Waals surface area contributed by atoms with Crippen LogP contribution in [0.25, 0.3) is 0 Å². The number of piperazine rings is 1. The van der Waals surface area contributed by atoms with Gasteiger partial charge in [0.1, 0.15) is 11.6 Å². The molecular formula is C14H26N2O2S. The lowest BCUT2D eigenvalue weighted by atomic mass is 9.85. The van der Waals surface area contributed by atoms with Crippen molar-refractivity contribution in [3.63, 3.8) is 0 Å². The molecule has 1 heterocycles. The molecule has 0 aromatic carbocycles. The molecule has 0 spiro atoms. The molecule has 1 fully saturated rings. The molecular weight excluding hydrogens is 260 g/mol. The van der Waals surface area contributed by atoms with Crippen molar-refractivity contribution in [1.82, 2.24) is 10.2 Å². The Balaban J connectivity index is 2.97. The van der Waals surface area contributed by atoms with E-state index in [1.165, 1.54) is 0 Å². The number of hydrogen-bond acceptors (Lipinski definition) is 3. The van der Waals surface area contributed by atoms with Gasteiger partial charge in [-0.05, 0) is 25.0 Å². The van der Waals surface area contributed by atoms with E-state index >= 15 is 0 Å². The van der Waals surface area contributed by atoms with E-state index in [0.717, 1.165) is 11.5 Å². The van der Waals surface area contributed by atoms with Crippen LogP contribution in [0.5, 0.6) is 0 Å². The number of rotatable bonds is 7. The number of amides is 2. The Morgan fingerprint density at radius 1 is 1.21 bits per heavy atom. The molecule has 1 unspecified atom stereocenters. The van der Waals surface area contributed by atoms with E-state index in [4.69, 9.17) is 0 Å². The van der Waals surface area contributed by atoms with E-state index in [2.05, 4.69) is 12.2 Å². The SMILES string of the molecule is CCSCCN1C(=O)C(CC)NC(=O)C1(CC)CC. The third-order valence-electron chi connectivity index (χ3n) is 4.05. The van der Waals surface area contributed by atoms with Crippen molar-refractivity contribution in [3.05, 3.63) is 0 Å². The normalized spacial score (nSPS) is 22.5. The van der Waals surface area contributed by atoms with Gasteiger partial charge >= 0.3 is 0 Å². The molecule has 4 nitrogen and oxygen atoms in total. The van der Waals surface area contributed by atoms with E-state index in [0.29, 0.717) is 25.8 Å². The summed E-state index contributed by atoms with van der Waals surface area (Å²) in [5.41, 5.74) is -0.642. The molecule has 5 heteroatoms. The highest BCUT2D eigenvalue weighted by Crippen LogP contribution is 2.29. The van der Waals surface area contributed by atoms with Gasteiger partial charge in [0.2, 0.25) is 11.8 Å². The van der Waals surface area contributed by atoms with Crippen LogP contribution in [0.1, 0.15) is 47.0 Å². The van der Waals surface area contributed by atoms with Gasteiger partial charge in [0, 0.05) is 12.3 Å². The number of thioether (sulfide) groups is 1. The van der Waals surface area contributed by atoms with E-state index in [1.54, 1.807) is 0 Å². The summed E-state index contributed by atoms with van der Waals surface area (Å²) in [6.45, 7) is 8.69. The average molecular weight is 286 g/mol. The molecule has 1 N–H and O–H groups in total. The van der Waals surface area contributed by atoms with E-state index in [-0.39, 0.29) is 17.9 Å². The summed E-state index contributed by atoms with van der Waals surface area (Å²) in [7, 11) is 0. The number of nitrogens with zero attached hydrogens (tertiary/aromatic N) is 1. The summed E-state index contributed by atoms with van der Waals surface area (Å²) < 4.78 is 0.